The van der Waals surface area contributed by atoms with Crippen LogP contribution in [0.1, 0.15) is 25.0 Å². The molecule has 0 saturated carbocycles. The lowest BCUT2D eigenvalue weighted by Gasteiger charge is -2.34. The summed E-state index contributed by atoms with van der Waals surface area (Å²) in [6, 6.07) is 14.2. The molecule has 0 unspecified atom stereocenters. The largest absolute Gasteiger partial charge is 0.493 e. The van der Waals surface area contributed by atoms with Crippen LogP contribution in [0.15, 0.2) is 48.5 Å². The fourth-order valence-corrected chi connectivity index (χ4v) is 2.61. The monoisotopic (exact) mass is 369 g/mol. The summed E-state index contributed by atoms with van der Waals surface area (Å²) < 4.78 is 17.1. The second-order valence-corrected chi connectivity index (χ2v) is 6.95. The van der Waals surface area contributed by atoms with E-state index in [-0.39, 0.29) is 11.6 Å². The lowest BCUT2D eigenvalue weighted by atomic mass is 10.1. The van der Waals surface area contributed by atoms with Gasteiger partial charge in [-0.1, -0.05) is 24.3 Å². The Hall–Kier alpha value is -2.70. The maximum Gasteiger partial charge on any atom is 0.269 e. The Morgan fingerprint density at radius 2 is 1.56 bits per heavy atom. The molecule has 0 atom stereocenters. The van der Waals surface area contributed by atoms with Crippen molar-refractivity contribution >= 4 is 17.8 Å². The predicted octanol–water partition coefficient (Wildman–Crippen LogP) is 4.54. The summed E-state index contributed by atoms with van der Waals surface area (Å²) in [5, 5.41) is 10.7. The number of hydrogen-bond acceptors (Lipinski definition) is 5. The lowest BCUT2D eigenvalue weighted by molar-refractivity contribution is -0.384. The number of hydrogen-bond donors (Lipinski definition) is 0. The van der Waals surface area contributed by atoms with Crippen molar-refractivity contribution in [2.45, 2.75) is 19.6 Å². The lowest BCUT2D eigenvalue weighted by Crippen LogP contribution is -2.41. The van der Waals surface area contributed by atoms with E-state index >= 15 is 0 Å². The molecule has 0 spiro atoms. The molecule has 3 rings (SSSR count). The SMILES string of the molecule is CC1(C)OCC(COc2ccc(C=Cc3ccc([N+](=O)[O-])cc3)cc2)CO1. The van der Waals surface area contributed by atoms with Gasteiger partial charge < -0.3 is 14.2 Å². The molecule has 0 aromatic heterocycles. The van der Waals surface area contributed by atoms with E-state index in [0.29, 0.717) is 19.8 Å². The zero-order valence-corrected chi connectivity index (χ0v) is 15.5. The Labute approximate surface area is 158 Å². The molecule has 27 heavy (non-hydrogen) atoms. The van der Waals surface area contributed by atoms with Crippen LogP contribution in [-0.4, -0.2) is 30.5 Å². The fraction of sp³-hybridized carbons (Fsp3) is 0.333. The summed E-state index contributed by atoms with van der Waals surface area (Å²) in [5.74, 6) is 0.515. The molecule has 0 amide bonds. The van der Waals surface area contributed by atoms with E-state index in [1.54, 1.807) is 12.1 Å². The Morgan fingerprint density at radius 1 is 1.04 bits per heavy atom. The van der Waals surface area contributed by atoms with Crippen molar-refractivity contribution in [2.24, 2.45) is 5.92 Å². The molecule has 2 aromatic carbocycles. The molecule has 2 aromatic rings. The number of nitrogens with zero attached hydrogens (tertiary/aromatic N) is 1. The number of non-ortho nitro benzene ring substituents is 1. The molecular weight excluding hydrogens is 346 g/mol. The van der Waals surface area contributed by atoms with E-state index in [0.717, 1.165) is 16.9 Å². The van der Waals surface area contributed by atoms with Crippen LogP contribution < -0.4 is 4.74 Å². The van der Waals surface area contributed by atoms with Crippen LogP contribution >= 0.6 is 0 Å². The minimum atomic E-state index is -0.506. The van der Waals surface area contributed by atoms with Gasteiger partial charge in [0.1, 0.15) is 5.75 Å². The quantitative estimate of drug-likeness (QED) is 0.425. The summed E-state index contributed by atoms with van der Waals surface area (Å²) in [7, 11) is 0. The first-order valence-electron chi connectivity index (χ1n) is 8.85. The van der Waals surface area contributed by atoms with Gasteiger partial charge in [-0.3, -0.25) is 10.1 Å². The van der Waals surface area contributed by atoms with E-state index < -0.39 is 10.7 Å². The van der Waals surface area contributed by atoms with Gasteiger partial charge in [0.05, 0.1) is 24.7 Å². The highest BCUT2D eigenvalue weighted by atomic mass is 16.7. The highest BCUT2D eigenvalue weighted by molar-refractivity contribution is 5.70. The Balaban J connectivity index is 1.50. The maximum absolute atomic E-state index is 10.7. The average molecular weight is 369 g/mol. The summed E-state index contributed by atoms with van der Waals surface area (Å²) in [6.45, 7) is 5.63. The third-order valence-electron chi connectivity index (χ3n) is 4.27. The molecule has 6 heteroatoms. The van der Waals surface area contributed by atoms with Crippen molar-refractivity contribution in [1.82, 2.24) is 0 Å². The van der Waals surface area contributed by atoms with Crippen molar-refractivity contribution in [2.75, 3.05) is 19.8 Å². The van der Waals surface area contributed by atoms with Crippen molar-refractivity contribution in [3.63, 3.8) is 0 Å². The summed E-state index contributed by atoms with van der Waals surface area (Å²) in [6.07, 6.45) is 3.87. The first-order valence-corrected chi connectivity index (χ1v) is 8.85. The van der Waals surface area contributed by atoms with Crippen LogP contribution in [0.5, 0.6) is 5.75 Å². The minimum Gasteiger partial charge on any atom is -0.493 e. The highest BCUT2D eigenvalue weighted by Crippen LogP contribution is 2.22. The number of ether oxygens (including phenoxy) is 3. The predicted molar refractivity (Wildman–Crippen MR) is 103 cm³/mol. The molecule has 0 radical (unpaired) electrons. The molecule has 1 heterocycles. The molecule has 0 aliphatic carbocycles. The van der Waals surface area contributed by atoms with E-state index in [1.807, 2.05) is 50.3 Å². The number of nitro benzene ring substituents is 1. The van der Waals surface area contributed by atoms with Crippen molar-refractivity contribution in [3.8, 4) is 5.75 Å². The van der Waals surface area contributed by atoms with Crippen molar-refractivity contribution in [1.29, 1.82) is 0 Å². The average Bonchev–Trinajstić information content (AvgIpc) is 2.66. The number of rotatable bonds is 6. The fourth-order valence-electron chi connectivity index (χ4n) is 2.61. The van der Waals surface area contributed by atoms with Gasteiger partial charge in [0, 0.05) is 18.1 Å². The number of benzene rings is 2. The molecule has 142 valence electrons. The molecule has 1 fully saturated rings. The Kier molecular flexibility index (Phi) is 5.88. The van der Waals surface area contributed by atoms with E-state index in [1.165, 1.54) is 12.1 Å². The van der Waals surface area contributed by atoms with Crippen molar-refractivity contribution in [3.05, 3.63) is 69.8 Å². The van der Waals surface area contributed by atoms with E-state index in [2.05, 4.69) is 0 Å². The summed E-state index contributed by atoms with van der Waals surface area (Å²) in [5.41, 5.74) is 2.01. The zero-order valence-electron chi connectivity index (χ0n) is 15.5. The van der Waals surface area contributed by atoms with Crippen LogP contribution in [0, 0.1) is 16.0 Å². The van der Waals surface area contributed by atoms with Crippen LogP contribution in [0.25, 0.3) is 12.2 Å². The molecule has 6 nitrogen and oxygen atoms in total. The topological polar surface area (TPSA) is 70.8 Å². The van der Waals surface area contributed by atoms with Gasteiger partial charge in [0.2, 0.25) is 0 Å². The van der Waals surface area contributed by atoms with Gasteiger partial charge in [0.25, 0.3) is 5.69 Å². The smallest absolute Gasteiger partial charge is 0.269 e. The first kappa shape index (κ1) is 19.1. The third-order valence-corrected chi connectivity index (χ3v) is 4.27. The summed E-state index contributed by atoms with van der Waals surface area (Å²) in [4.78, 5) is 10.3. The second kappa shape index (κ2) is 8.33. The zero-order chi connectivity index (χ0) is 19.3. The molecule has 1 aliphatic rings. The molecule has 1 saturated heterocycles. The Morgan fingerprint density at radius 3 is 2.07 bits per heavy atom. The number of nitro groups is 1. The van der Waals surface area contributed by atoms with E-state index in [4.69, 9.17) is 14.2 Å². The van der Waals surface area contributed by atoms with Gasteiger partial charge in [-0.2, -0.15) is 0 Å². The highest BCUT2D eigenvalue weighted by Gasteiger charge is 2.28. The maximum atomic E-state index is 10.7. The first-order chi connectivity index (χ1) is 12.9. The molecule has 0 N–H and O–H groups in total. The van der Waals surface area contributed by atoms with E-state index in [9.17, 15) is 10.1 Å². The van der Waals surface area contributed by atoms with Gasteiger partial charge in [-0.15, -0.1) is 0 Å². The van der Waals surface area contributed by atoms with Gasteiger partial charge in [0.15, 0.2) is 5.79 Å². The second-order valence-electron chi connectivity index (χ2n) is 6.95. The normalized spacial score (nSPS) is 17.1. The standard InChI is InChI=1S/C21H23NO5/c1-21(2)26-14-18(15-27-21)13-25-20-11-7-17(8-12-20)4-3-16-5-9-19(10-6-16)22(23)24/h3-12,18H,13-15H2,1-2H3. The van der Waals surface area contributed by atoms with Gasteiger partial charge >= 0.3 is 0 Å². The van der Waals surface area contributed by atoms with Gasteiger partial charge in [-0.25, -0.2) is 0 Å². The van der Waals surface area contributed by atoms with Crippen LogP contribution in [0.3, 0.4) is 0 Å². The molecule has 1 aliphatic heterocycles. The van der Waals surface area contributed by atoms with Crippen LogP contribution in [-0.2, 0) is 9.47 Å². The Bertz CT molecular complexity index is 786. The minimum absolute atomic E-state index is 0.0889. The van der Waals surface area contributed by atoms with Crippen molar-refractivity contribution < 1.29 is 19.1 Å². The molecule has 0 bridgehead atoms. The van der Waals surface area contributed by atoms with Crippen LogP contribution in [0.4, 0.5) is 5.69 Å². The van der Waals surface area contributed by atoms with Crippen LogP contribution in [0.2, 0.25) is 0 Å². The third kappa shape index (κ3) is 5.64. The van der Waals surface area contributed by atoms with Gasteiger partial charge in [-0.05, 0) is 49.2 Å². The summed E-state index contributed by atoms with van der Waals surface area (Å²) >= 11 is 0. The molecular formula is C21H23NO5.